The summed E-state index contributed by atoms with van der Waals surface area (Å²) in [6.45, 7) is 3.60. The maximum absolute atomic E-state index is 3.70. The third-order valence-corrected chi connectivity index (χ3v) is 8.18. The number of hydrogen-bond donors (Lipinski definition) is 2. The molecule has 3 heterocycles. The first kappa shape index (κ1) is 20.0. The van der Waals surface area contributed by atoms with Crippen LogP contribution in [0.15, 0.2) is 82.7 Å². The number of anilines is 2. The molecule has 0 unspecified atom stereocenters. The maximum Gasteiger partial charge on any atom is 0.0558 e. The number of aryl methyl sites for hydroxylation is 1. The Bertz CT molecular complexity index is 1240. The van der Waals surface area contributed by atoms with E-state index in [2.05, 4.69) is 88.1 Å². The molecule has 1 saturated heterocycles. The van der Waals surface area contributed by atoms with Crippen molar-refractivity contribution >= 4 is 34.0 Å². The highest BCUT2D eigenvalue weighted by Gasteiger charge is 2.23. The topological polar surface area (TPSA) is 31.1 Å². The van der Waals surface area contributed by atoms with Crippen LogP contribution < -0.4 is 5.32 Å². The van der Waals surface area contributed by atoms with Crippen molar-refractivity contribution in [2.75, 3.05) is 25.0 Å². The van der Waals surface area contributed by atoms with Crippen LogP contribution in [0.5, 0.6) is 0 Å². The summed E-state index contributed by atoms with van der Waals surface area (Å²) in [5.74, 6) is 0.685. The molecule has 32 heavy (non-hydrogen) atoms. The van der Waals surface area contributed by atoms with E-state index < -0.39 is 0 Å². The average molecular weight is 440 g/mol. The summed E-state index contributed by atoms with van der Waals surface area (Å²) < 4.78 is 0. The van der Waals surface area contributed by atoms with Gasteiger partial charge in [0.2, 0.25) is 0 Å². The molecular weight excluding hydrogens is 410 g/mol. The predicted molar refractivity (Wildman–Crippen MR) is 135 cm³/mol. The van der Waals surface area contributed by atoms with E-state index >= 15 is 0 Å². The van der Waals surface area contributed by atoms with E-state index in [0.29, 0.717) is 5.92 Å². The SMILES string of the molecule is c1ccc2c(c1)Nc1c(CCCN3CCC(c4c[nH]c5ccccc45)CC3)cccc1S2. The first-order valence-electron chi connectivity index (χ1n) is 11.8. The largest absolute Gasteiger partial charge is 0.361 e. The van der Waals surface area contributed by atoms with Crippen LogP contribution >= 0.6 is 11.8 Å². The molecular formula is C28H29N3S. The number of aromatic amines is 1. The standard InChI is InChI=1S/C28H29N3S/c1-2-10-24-22(9-1)23(19-29-24)20-14-17-31(18-15-20)16-6-8-21-7-5-13-27-28(21)30-25-11-3-4-12-26(25)32-27/h1-5,7,9-13,19-20,29-30H,6,8,14-18H2. The van der Waals surface area contributed by atoms with Crippen molar-refractivity contribution in [1.29, 1.82) is 0 Å². The molecule has 0 bridgehead atoms. The third-order valence-electron chi connectivity index (χ3n) is 7.05. The van der Waals surface area contributed by atoms with Crippen molar-refractivity contribution in [2.24, 2.45) is 0 Å². The van der Waals surface area contributed by atoms with Crippen LogP contribution in [0.4, 0.5) is 11.4 Å². The fourth-order valence-electron chi connectivity index (χ4n) is 5.32. The van der Waals surface area contributed by atoms with Gasteiger partial charge < -0.3 is 15.2 Å². The number of nitrogens with one attached hydrogen (secondary N) is 2. The van der Waals surface area contributed by atoms with E-state index in [4.69, 9.17) is 0 Å². The number of fused-ring (bicyclic) bond motifs is 3. The maximum atomic E-state index is 3.70. The summed E-state index contributed by atoms with van der Waals surface area (Å²) >= 11 is 1.88. The summed E-state index contributed by atoms with van der Waals surface area (Å²) in [5, 5.41) is 5.11. The van der Waals surface area contributed by atoms with Gasteiger partial charge in [0.25, 0.3) is 0 Å². The zero-order valence-corrected chi connectivity index (χ0v) is 19.1. The molecule has 0 atom stereocenters. The van der Waals surface area contributed by atoms with Crippen molar-refractivity contribution in [2.45, 2.75) is 41.4 Å². The second-order valence-electron chi connectivity index (χ2n) is 9.02. The van der Waals surface area contributed by atoms with Gasteiger partial charge in [0.15, 0.2) is 0 Å². The highest BCUT2D eigenvalue weighted by atomic mass is 32.2. The monoisotopic (exact) mass is 439 g/mol. The van der Waals surface area contributed by atoms with Gasteiger partial charge in [-0.1, -0.05) is 54.2 Å². The number of nitrogens with zero attached hydrogens (tertiary/aromatic N) is 1. The van der Waals surface area contributed by atoms with Gasteiger partial charge in [-0.2, -0.15) is 0 Å². The van der Waals surface area contributed by atoms with Crippen LogP contribution in [0.3, 0.4) is 0 Å². The van der Waals surface area contributed by atoms with Gasteiger partial charge in [-0.15, -0.1) is 0 Å². The minimum absolute atomic E-state index is 0.685. The lowest BCUT2D eigenvalue weighted by molar-refractivity contribution is 0.211. The van der Waals surface area contributed by atoms with Gasteiger partial charge in [0.05, 0.1) is 11.4 Å². The van der Waals surface area contributed by atoms with Crippen molar-refractivity contribution in [1.82, 2.24) is 9.88 Å². The van der Waals surface area contributed by atoms with Gasteiger partial charge in [0, 0.05) is 26.9 Å². The van der Waals surface area contributed by atoms with Crippen LogP contribution in [0, 0.1) is 0 Å². The number of hydrogen-bond acceptors (Lipinski definition) is 3. The molecule has 4 heteroatoms. The number of piperidine rings is 1. The van der Waals surface area contributed by atoms with Crippen molar-refractivity contribution in [3.8, 4) is 0 Å². The van der Waals surface area contributed by atoms with Crippen LogP contribution in [0.25, 0.3) is 10.9 Å². The lowest BCUT2D eigenvalue weighted by Crippen LogP contribution is -2.33. The summed E-state index contributed by atoms with van der Waals surface area (Å²) in [7, 11) is 0. The summed E-state index contributed by atoms with van der Waals surface area (Å²) in [6.07, 6.45) is 7.10. The molecule has 2 N–H and O–H groups in total. The van der Waals surface area contributed by atoms with E-state index in [1.54, 1.807) is 0 Å². The van der Waals surface area contributed by atoms with Gasteiger partial charge in [-0.25, -0.2) is 0 Å². The highest BCUT2D eigenvalue weighted by Crippen LogP contribution is 2.45. The lowest BCUT2D eigenvalue weighted by atomic mass is 9.89. The van der Waals surface area contributed by atoms with Crippen LogP contribution in [-0.4, -0.2) is 29.5 Å². The Balaban J connectivity index is 1.05. The third kappa shape index (κ3) is 3.82. The second-order valence-corrected chi connectivity index (χ2v) is 10.1. The molecule has 0 radical (unpaired) electrons. The summed E-state index contributed by atoms with van der Waals surface area (Å²) in [4.78, 5) is 8.79. The Hall–Kier alpha value is -2.69. The molecule has 3 aromatic carbocycles. The fourth-order valence-corrected chi connectivity index (χ4v) is 6.36. The summed E-state index contributed by atoms with van der Waals surface area (Å²) in [6, 6.07) is 24.1. The minimum Gasteiger partial charge on any atom is -0.361 e. The quantitative estimate of drug-likeness (QED) is 0.304. The zero-order chi connectivity index (χ0) is 21.3. The second kappa shape index (κ2) is 8.68. The van der Waals surface area contributed by atoms with Crippen LogP contribution in [0.1, 0.15) is 36.3 Å². The molecule has 0 saturated carbocycles. The Morgan fingerprint density at radius 2 is 1.69 bits per heavy atom. The predicted octanol–water partition coefficient (Wildman–Crippen LogP) is 7.19. The minimum atomic E-state index is 0.685. The number of rotatable bonds is 5. The fraction of sp³-hybridized carbons (Fsp3) is 0.286. The molecule has 2 aliphatic heterocycles. The van der Waals surface area contributed by atoms with E-state index in [-0.39, 0.29) is 0 Å². The number of likely N-dealkylation sites (tertiary alicyclic amines) is 1. The molecule has 3 nitrogen and oxygen atoms in total. The van der Waals surface area contributed by atoms with E-state index in [9.17, 15) is 0 Å². The molecule has 0 aliphatic carbocycles. The number of aromatic nitrogens is 1. The Morgan fingerprint density at radius 3 is 2.62 bits per heavy atom. The molecule has 4 aromatic rings. The van der Waals surface area contributed by atoms with Gasteiger partial charge in [0.1, 0.15) is 0 Å². The molecule has 162 valence electrons. The lowest BCUT2D eigenvalue weighted by Gasteiger charge is -2.32. The van der Waals surface area contributed by atoms with Gasteiger partial charge in [-0.05, 0) is 86.6 Å². The van der Waals surface area contributed by atoms with E-state index in [0.717, 1.165) is 6.42 Å². The zero-order valence-electron chi connectivity index (χ0n) is 18.3. The average Bonchev–Trinajstić information content (AvgIpc) is 3.28. The normalized spacial score (nSPS) is 16.5. The first-order valence-corrected chi connectivity index (χ1v) is 12.6. The first-order chi connectivity index (χ1) is 15.8. The Labute approximate surface area is 194 Å². The van der Waals surface area contributed by atoms with E-state index in [1.165, 1.54) is 82.1 Å². The van der Waals surface area contributed by atoms with Crippen molar-refractivity contribution in [3.63, 3.8) is 0 Å². The molecule has 1 fully saturated rings. The van der Waals surface area contributed by atoms with Gasteiger partial charge in [-0.3, -0.25) is 0 Å². The van der Waals surface area contributed by atoms with Crippen LogP contribution in [0.2, 0.25) is 0 Å². The summed E-state index contributed by atoms with van der Waals surface area (Å²) in [5.41, 5.74) is 6.77. The number of H-pyrrole nitrogens is 1. The van der Waals surface area contributed by atoms with Gasteiger partial charge >= 0.3 is 0 Å². The van der Waals surface area contributed by atoms with E-state index in [1.807, 2.05) is 11.8 Å². The van der Waals surface area contributed by atoms with Crippen molar-refractivity contribution in [3.05, 3.63) is 84.1 Å². The van der Waals surface area contributed by atoms with Crippen molar-refractivity contribution < 1.29 is 0 Å². The molecule has 1 aromatic heterocycles. The molecule has 2 aliphatic rings. The highest BCUT2D eigenvalue weighted by molar-refractivity contribution is 7.99. The molecule has 0 amide bonds. The Kier molecular flexibility index (Phi) is 5.42. The molecule has 6 rings (SSSR count). The van der Waals surface area contributed by atoms with Crippen LogP contribution in [-0.2, 0) is 6.42 Å². The molecule has 0 spiro atoms. The number of benzene rings is 3. The number of para-hydroxylation sites is 3. The smallest absolute Gasteiger partial charge is 0.0558 e. The Morgan fingerprint density at radius 1 is 0.875 bits per heavy atom.